The van der Waals surface area contributed by atoms with Crippen LogP contribution in [0.4, 0.5) is 17.1 Å². The number of nitrogen functional groups attached to an aromatic ring is 1. The molecule has 0 unspecified atom stereocenters. The van der Waals surface area contributed by atoms with Crippen LogP contribution in [0.15, 0.2) is 36.4 Å². The molecule has 4 N–H and O–H groups in total. The summed E-state index contributed by atoms with van der Waals surface area (Å²) in [6.45, 7) is 1.85. The summed E-state index contributed by atoms with van der Waals surface area (Å²) in [5, 5.41) is 5.52. The second kappa shape index (κ2) is 6.68. The number of nitrogens with one attached hydrogen (secondary N) is 2. The van der Waals surface area contributed by atoms with Crippen molar-refractivity contribution >= 4 is 52.1 Å². The molecule has 0 atom stereocenters. The molecule has 0 aromatic heterocycles. The molecule has 0 bridgehead atoms. The van der Waals surface area contributed by atoms with Crippen LogP contribution in [0.2, 0.25) is 10.0 Å². The number of hydrogen-bond acceptors (Lipinski definition) is 3. The molecule has 0 fully saturated rings. The molecule has 0 saturated heterocycles. The molecule has 2 aromatic carbocycles. The van der Waals surface area contributed by atoms with Crippen LogP contribution in [-0.2, 0) is 9.59 Å². The smallest absolute Gasteiger partial charge is 0.314 e. The van der Waals surface area contributed by atoms with Gasteiger partial charge in [-0.05, 0) is 42.8 Å². The lowest BCUT2D eigenvalue weighted by Gasteiger charge is -2.10. The summed E-state index contributed by atoms with van der Waals surface area (Å²) in [5.41, 5.74) is 7.65. The van der Waals surface area contributed by atoms with Crippen molar-refractivity contribution in [3.05, 3.63) is 52.0 Å². The molecule has 2 aromatic rings. The van der Waals surface area contributed by atoms with Gasteiger partial charge in [-0.25, -0.2) is 0 Å². The minimum atomic E-state index is -0.870. The second-order valence-electron chi connectivity index (χ2n) is 4.62. The Morgan fingerprint density at radius 3 is 2.27 bits per heavy atom. The highest BCUT2D eigenvalue weighted by molar-refractivity contribution is 6.45. The SMILES string of the molecule is Cc1ccc(N)c(NC(=O)C(=O)Nc2cc(Cl)ccc2Cl)c1. The van der Waals surface area contributed by atoms with Crippen molar-refractivity contribution in [2.75, 3.05) is 16.4 Å². The lowest BCUT2D eigenvalue weighted by molar-refractivity contribution is -0.132. The standard InChI is InChI=1S/C15H13Cl2N3O2/c1-8-2-5-11(18)13(6-8)20-15(22)14(21)19-12-7-9(16)3-4-10(12)17/h2-7H,18H2,1H3,(H,19,21)(H,20,22). The number of anilines is 3. The average Bonchev–Trinajstić information content (AvgIpc) is 2.46. The van der Waals surface area contributed by atoms with Crippen molar-refractivity contribution in [3.63, 3.8) is 0 Å². The lowest BCUT2D eigenvalue weighted by Crippen LogP contribution is -2.29. The number of rotatable bonds is 2. The number of nitrogens with two attached hydrogens (primary N) is 1. The second-order valence-corrected chi connectivity index (χ2v) is 5.47. The van der Waals surface area contributed by atoms with Crippen molar-refractivity contribution in [3.8, 4) is 0 Å². The molecule has 2 rings (SSSR count). The maximum absolute atomic E-state index is 11.9. The third kappa shape index (κ3) is 3.90. The first-order chi connectivity index (χ1) is 10.4. The Morgan fingerprint density at radius 2 is 1.59 bits per heavy atom. The third-order valence-corrected chi connectivity index (χ3v) is 3.40. The molecule has 0 aliphatic rings. The van der Waals surface area contributed by atoms with Gasteiger partial charge >= 0.3 is 11.8 Å². The average molecular weight is 338 g/mol. The van der Waals surface area contributed by atoms with E-state index in [0.717, 1.165) is 5.56 Å². The highest BCUT2D eigenvalue weighted by Crippen LogP contribution is 2.25. The molecular weight excluding hydrogens is 325 g/mol. The van der Waals surface area contributed by atoms with Gasteiger partial charge in [0.15, 0.2) is 0 Å². The summed E-state index contributed by atoms with van der Waals surface area (Å²) >= 11 is 11.7. The first kappa shape index (κ1) is 16.1. The van der Waals surface area contributed by atoms with E-state index in [1.807, 2.05) is 6.92 Å². The first-order valence-corrected chi connectivity index (χ1v) is 7.06. The highest BCUT2D eigenvalue weighted by Gasteiger charge is 2.16. The Labute approximate surface area is 137 Å². The minimum absolute atomic E-state index is 0.256. The van der Waals surface area contributed by atoms with E-state index in [1.165, 1.54) is 12.1 Å². The monoisotopic (exact) mass is 337 g/mol. The molecule has 0 radical (unpaired) electrons. The van der Waals surface area contributed by atoms with Crippen molar-refractivity contribution in [2.24, 2.45) is 0 Å². The number of hydrogen-bond donors (Lipinski definition) is 3. The Hall–Kier alpha value is -2.24. The summed E-state index contributed by atoms with van der Waals surface area (Å²) in [6.07, 6.45) is 0. The minimum Gasteiger partial charge on any atom is -0.397 e. The topological polar surface area (TPSA) is 84.2 Å². The maximum Gasteiger partial charge on any atom is 0.314 e. The van der Waals surface area contributed by atoms with Gasteiger partial charge in [0.25, 0.3) is 0 Å². The molecule has 0 spiro atoms. The lowest BCUT2D eigenvalue weighted by atomic mass is 10.2. The summed E-state index contributed by atoms with van der Waals surface area (Å²) in [6, 6.07) is 9.68. The van der Waals surface area contributed by atoms with Gasteiger partial charge in [-0.2, -0.15) is 0 Å². The normalized spacial score (nSPS) is 10.1. The van der Waals surface area contributed by atoms with Crippen molar-refractivity contribution in [2.45, 2.75) is 6.92 Å². The number of benzene rings is 2. The van der Waals surface area contributed by atoms with Gasteiger partial charge in [-0.15, -0.1) is 0 Å². The van der Waals surface area contributed by atoms with Crippen LogP contribution in [0.25, 0.3) is 0 Å². The quantitative estimate of drug-likeness (QED) is 0.579. The number of amides is 2. The van der Waals surface area contributed by atoms with E-state index in [2.05, 4.69) is 10.6 Å². The van der Waals surface area contributed by atoms with Crippen LogP contribution in [0, 0.1) is 6.92 Å². The van der Waals surface area contributed by atoms with E-state index in [9.17, 15) is 9.59 Å². The predicted octanol–water partition coefficient (Wildman–Crippen LogP) is 3.46. The van der Waals surface area contributed by atoms with E-state index in [0.29, 0.717) is 16.4 Å². The van der Waals surface area contributed by atoms with Crippen molar-refractivity contribution in [1.29, 1.82) is 0 Å². The van der Waals surface area contributed by atoms with Crippen LogP contribution in [0.5, 0.6) is 0 Å². The van der Waals surface area contributed by atoms with E-state index < -0.39 is 11.8 Å². The van der Waals surface area contributed by atoms with Crippen LogP contribution in [0.1, 0.15) is 5.56 Å². The van der Waals surface area contributed by atoms with Gasteiger partial charge in [0, 0.05) is 5.02 Å². The summed E-state index contributed by atoms with van der Waals surface area (Å²) in [4.78, 5) is 23.8. The third-order valence-electron chi connectivity index (χ3n) is 2.84. The highest BCUT2D eigenvalue weighted by atomic mass is 35.5. The molecule has 2 amide bonds. The number of carbonyl (C=O) groups is 2. The van der Waals surface area contributed by atoms with Gasteiger partial charge in [-0.3, -0.25) is 9.59 Å². The zero-order valence-electron chi connectivity index (χ0n) is 11.6. The van der Waals surface area contributed by atoms with E-state index >= 15 is 0 Å². The molecular formula is C15H13Cl2N3O2. The Balaban J connectivity index is 2.11. The zero-order chi connectivity index (χ0) is 16.3. The van der Waals surface area contributed by atoms with Crippen LogP contribution < -0.4 is 16.4 Å². The summed E-state index contributed by atoms with van der Waals surface area (Å²) in [5.74, 6) is -1.72. The summed E-state index contributed by atoms with van der Waals surface area (Å²) < 4.78 is 0. The van der Waals surface area contributed by atoms with Crippen molar-refractivity contribution < 1.29 is 9.59 Å². The molecule has 114 valence electrons. The Bertz CT molecular complexity index is 684. The molecule has 5 nitrogen and oxygen atoms in total. The number of aryl methyl sites for hydroxylation is 1. The van der Waals surface area contributed by atoms with E-state index in [1.54, 1.807) is 24.3 Å². The molecule has 0 saturated carbocycles. The summed E-state index contributed by atoms with van der Waals surface area (Å²) in [7, 11) is 0. The largest absolute Gasteiger partial charge is 0.397 e. The Kier molecular flexibility index (Phi) is 4.90. The van der Waals surface area contributed by atoms with Gasteiger partial charge in [-0.1, -0.05) is 29.3 Å². The molecule has 0 heterocycles. The fourth-order valence-electron chi connectivity index (χ4n) is 1.73. The predicted molar refractivity (Wildman–Crippen MR) is 89.3 cm³/mol. The van der Waals surface area contributed by atoms with Gasteiger partial charge in [0.2, 0.25) is 0 Å². The van der Waals surface area contributed by atoms with Gasteiger partial charge in [0.05, 0.1) is 22.1 Å². The van der Waals surface area contributed by atoms with Crippen molar-refractivity contribution in [1.82, 2.24) is 0 Å². The first-order valence-electron chi connectivity index (χ1n) is 6.30. The van der Waals surface area contributed by atoms with Gasteiger partial charge < -0.3 is 16.4 Å². The fourth-order valence-corrected chi connectivity index (χ4v) is 2.07. The molecule has 0 aliphatic heterocycles. The Morgan fingerprint density at radius 1 is 0.955 bits per heavy atom. The van der Waals surface area contributed by atoms with Crippen LogP contribution in [-0.4, -0.2) is 11.8 Å². The number of carbonyl (C=O) groups excluding carboxylic acids is 2. The number of halogens is 2. The molecule has 7 heteroatoms. The van der Waals surface area contributed by atoms with Crippen LogP contribution >= 0.6 is 23.2 Å². The van der Waals surface area contributed by atoms with Gasteiger partial charge in [0.1, 0.15) is 0 Å². The van der Waals surface area contributed by atoms with E-state index in [-0.39, 0.29) is 10.7 Å². The molecule has 0 aliphatic carbocycles. The van der Waals surface area contributed by atoms with Crippen LogP contribution in [0.3, 0.4) is 0 Å². The fraction of sp³-hybridized carbons (Fsp3) is 0.0667. The molecule has 22 heavy (non-hydrogen) atoms. The zero-order valence-corrected chi connectivity index (χ0v) is 13.1. The maximum atomic E-state index is 11.9. The van der Waals surface area contributed by atoms with E-state index in [4.69, 9.17) is 28.9 Å².